The van der Waals surface area contributed by atoms with Crippen LogP contribution in [0.5, 0.6) is 0 Å². The molecule has 2 aromatic carbocycles. The summed E-state index contributed by atoms with van der Waals surface area (Å²) in [6.45, 7) is 2.98. The number of hydrogen-bond acceptors (Lipinski definition) is 5. The summed E-state index contributed by atoms with van der Waals surface area (Å²) in [5.41, 5.74) is 2.21. The lowest BCUT2D eigenvalue weighted by Crippen LogP contribution is -2.40. The molecule has 166 valence electrons. The highest BCUT2D eigenvalue weighted by atomic mass is 19.1. The van der Waals surface area contributed by atoms with Crippen molar-refractivity contribution in [2.24, 2.45) is 0 Å². The molecular formula is C24H25FN4O3. The molecule has 1 unspecified atom stereocenters. The van der Waals surface area contributed by atoms with Crippen LogP contribution in [0.3, 0.4) is 0 Å². The third kappa shape index (κ3) is 5.19. The lowest BCUT2D eigenvalue weighted by Gasteiger charge is -2.31. The standard InChI is InChI=1S/C24H25FN4O3/c1-2-21(30)26-20-7-3-5-17(14-20)23-27-24(32-28-23)18-6-4-12-29(15-18)22(31)13-16-8-10-19(25)11-9-16/h3,5,7-11,14,18H,2,4,6,12-13,15H2,1H3,(H,26,30). The van der Waals surface area contributed by atoms with Crippen LogP contribution in [0.25, 0.3) is 11.4 Å². The molecule has 1 aliphatic rings. The number of hydrogen-bond donors (Lipinski definition) is 1. The van der Waals surface area contributed by atoms with Gasteiger partial charge in [0.25, 0.3) is 0 Å². The number of halogens is 1. The summed E-state index contributed by atoms with van der Waals surface area (Å²) in [5, 5.41) is 6.93. The molecule has 0 radical (unpaired) electrons. The molecule has 2 heterocycles. The van der Waals surface area contributed by atoms with Gasteiger partial charge in [-0.05, 0) is 42.7 Å². The molecule has 0 aliphatic carbocycles. The van der Waals surface area contributed by atoms with Crippen LogP contribution < -0.4 is 5.32 Å². The first-order valence-electron chi connectivity index (χ1n) is 10.8. The predicted molar refractivity (Wildman–Crippen MR) is 117 cm³/mol. The molecule has 4 rings (SSSR count). The minimum atomic E-state index is -0.315. The van der Waals surface area contributed by atoms with Crippen LogP contribution in [0.15, 0.2) is 53.1 Å². The topological polar surface area (TPSA) is 88.3 Å². The summed E-state index contributed by atoms with van der Waals surface area (Å²) in [4.78, 5) is 30.8. The number of amides is 2. The molecule has 1 fully saturated rings. The number of carbonyl (C=O) groups is 2. The van der Waals surface area contributed by atoms with Crippen molar-refractivity contribution < 1.29 is 18.5 Å². The van der Waals surface area contributed by atoms with Gasteiger partial charge in [-0.25, -0.2) is 4.39 Å². The molecule has 8 heteroatoms. The molecule has 0 spiro atoms. The second-order valence-electron chi connectivity index (χ2n) is 7.92. The quantitative estimate of drug-likeness (QED) is 0.627. The number of carbonyl (C=O) groups excluding carboxylic acids is 2. The molecule has 0 bridgehead atoms. The highest BCUT2D eigenvalue weighted by molar-refractivity contribution is 5.91. The summed E-state index contributed by atoms with van der Waals surface area (Å²) < 4.78 is 18.6. The van der Waals surface area contributed by atoms with Gasteiger partial charge in [0, 0.05) is 30.8 Å². The van der Waals surface area contributed by atoms with E-state index in [0.717, 1.165) is 24.0 Å². The molecule has 0 saturated carbocycles. The van der Waals surface area contributed by atoms with Gasteiger partial charge in [0.1, 0.15) is 5.82 Å². The lowest BCUT2D eigenvalue weighted by molar-refractivity contribution is -0.131. The molecule has 3 aromatic rings. The first kappa shape index (κ1) is 21.7. The van der Waals surface area contributed by atoms with Crippen LogP contribution in [0.1, 0.15) is 43.6 Å². The summed E-state index contributed by atoms with van der Waals surface area (Å²) in [6.07, 6.45) is 2.33. The molecule has 2 amide bonds. The van der Waals surface area contributed by atoms with E-state index in [2.05, 4.69) is 15.5 Å². The monoisotopic (exact) mass is 436 g/mol. The Balaban J connectivity index is 1.42. The Hall–Kier alpha value is -3.55. The number of nitrogens with one attached hydrogen (secondary N) is 1. The molecule has 1 saturated heterocycles. The highest BCUT2D eigenvalue weighted by Gasteiger charge is 2.28. The van der Waals surface area contributed by atoms with Gasteiger partial charge in [0.2, 0.25) is 23.5 Å². The van der Waals surface area contributed by atoms with E-state index in [0.29, 0.717) is 36.9 Å². The maximum Gasteiger partial charge on any atom is 0.231 e. The Morgan fingerprint density at radius 3 is 2.81 bits per heavy atom. The van der Waals surface area contributed by atoms with Crippen LogP contribution in [0.4, 0.5) is 10.1 Å². The van der Waals surface area contributed by atoms with Gasteiger partial charge >= 0.3 is 0 Å². The summed E-state index contributed by atoms with van der Waals surface area (Å²) in [5.74, 6) is 0.531. The Bertz CT molecular complexity index is 1100. The van der Waals surface area contributed by atoms with Crippen molar-refractivity contribution in [3.05, 3.63) is 65.8 Å². The molecule has 1 aliphatic heterocycles. The van der Waals surface area contributed by atoms with E-state index >= 15 is 0 Å². The fraction of sp³-hybridized carbons (Fsp3) is 0.333. The van der Waals surface area contributed by atoms with Crippen molar-refractivity contribution in [3.63, 3.8) is 0 Å². The third-order valence-corrected chi connectivity index (χ3v) is 5.56. The van der Waals surface area contributed by atoms with Gasteiger partial charge in [-0.3, -0.25) is 9.59 Å². The number of rotatable bonds is 6. The number of benzene rings is 2. The number of likely N-dealkylation sites (tertiary alicyclic amines) is 1. The van der Waals surface area contributed by atoms with Gasteiger partial charge in [-0.15, -0.1) is 0 Å². The van der Waals surface area contributed by atoms with E-state index in [-0.39, 0.29) is 30.0 Å². The Morgan fingerprint density at radius 2 is 2.03 bits per heavy atom. The minimum Gasteiger partial charge on any atom is -0.342 e. The fourth-order valence-electron chi connectivity index (χ4n) is 3.80. The van der Waals surface area contributed by atoms with Crippen LogP contribution in [-0.4, -0.2) is 39.9 Å². The van der Waals surface area contributed by atoms with Gasteiger partial charge in [0.15, 0.2) is 0 Å². The normalized spacial score (nSPS) is 16.1. The molecular weight excluding hydrogens is 411 g/mol. The largest absolute Gasteiger partial charge is 0.342 e. The number of nitrogens with zero attached hydrogens (tertiary/aromatic N) is 3. The van der Waals surface area contributed by atoms with Crippen LogP contribution in [0, 0.1) is 5.82 Å². The van der Waals surface area contributed by atoms with Crippen molar-refractivity contribution >= 4 is 17.5 Å². The fourth-order valence-corrected chi connectivity index (χ4v) is 3.80. The average molecular weight is 436 g/mol. The average Bonchev–Trinajstić information content (AvgIpc) is 3.31. The second-order valence-corrected chi connectivity index (χ2v) is 7.92. The smallest absolute Gasteiger partial charge is 0.231 e. The molecule has 7 nitrogen and oxygen atoms in total. The Labute approximate surface area is 185 Å². The SMILES string of the molecule is CCC(=O)Nc1cccc(-c2noc(C3CCCN(C(=O)Cc4ccc(F)cc4)C3)n2)c1. The van der Waals surface area contributed by atoms with E-state index in [4.69, 9.17) is 4.52 Å². The van der Waals surface area contributed by atoms with Crippen molar-refractivity contribution in [1.82, 2.24) is 15.0 Å². The van der Waals surface area contributed by atoms with Crippen molar-refractivity contribution in [1.29, 1.82) is 0 Å². The third-order valence-electron chi connectivity index (χ3n) is 5.56. The number of piperidine rings is 1. The van der Waals surface area contributed by atoms with E-state index in [1.807, 2.05) is 29.2 Å². The maximum atomic E-state index is 13.1. The number of anilines is 1. The number of aromatic nitrogens is 2. The first-order chi connectivity index (χ1) is 15.5. The maximum absolute atomic E-state index is 13.1. The lowest BCUT2D eigenvalue weighted by atomic mass is 9.97. The predicted octanol–water partition coefficient (Wildman–Crippen LogP) is 4.17. The zero-order valence-corrected chi connectivity index (χ0v) is 17.9. The second kappa shape index (κ2) is 9.72. The van der Waals surface area contributed by atoms with Crippen LogP contribution in [-0.2, 0) is 16.0 Å². The van der Waals surface area contributed by atoms with Gasteiger partial charge in [-0.2, -0.15) is 4.98 Å². The minimum absolute atomic E-state index is 0.000383. The zero-order valence-electron chi connectivity index (χ0n) is 17.9. The van der Waals surface area contributed by atoms with E-state index in [1.165, 1.54) is 12.1 Å². The van der Waals surface area contributed by atoms with Crippen LogP contribution >= 0.6 is 0 Å². The Morgan fingerprint density at radius 1 is 1.22 bits per heavy atom. The van der Waals surface area contributed by atoms with Crippen molar-refractivity contribution in [2.75, 3.05) is 18.4 Å². The van der Waals surface area contributed by atoms with Gasteiger partial charge in [0.05, 0.1) is 12.3 Å². The van der Waals surface area contributed by atoms with Crippen molar-refractivity contribution in [3.8, 4) is 11.4 Å². The van der Waals surface area contributed by atoms with Crippen LogP contribution in [0.2, 0.25) is 0 Å². The Kier molecular flexibility index (Phi) is 6.58. The zero-order chi connectivity index (χ0) is 22.5. The molecule has 1 N–H and O–H groups in total. The molecule has 1 atom stereocenters. The molecule has 1 aromatic heterocycles. The van der Waals surface area contributed by atoms with E-state index < -0.39 is 0 Å². The highest BCUT2D eigenvalue weighted by Crippen LogP contribution is 2.28. The van der Waals surface area contributed by atoms with Gasteiger partial charge < -0.3 is 14.7 Å². The van der Waals surface area contributed by atoms with Crippen molar-refractivity contribution in [2.45, 2.75) is 38.5 Å². The van der Waals surface area contributed by atoms with Gasteiger partial charge in [-0.1, -0.05) is 36.3 Å². The van der Waals surface area contributed by atoms with E-state index in [9.17, 15) is 14.0 Å². The van der Waals surface area contributed by atoms with E-state index in [1.54, 1.807) is 19.1 Å². The first-order valence-corrected chi connectivity index (χ1v) is 10.8. The summed E-state index contributed by atoms with van der Waals surface area (Å²) in [7, 11) is 0. The molecule has 32 heavy (non-hydrogen) atoms. The summed E-state index contributed by atoms with van der Waals surface area (Å²) >= 11 is 0. The summed E-state index contributed by atoms with van der Waals surface area (Å²) in [6, 6.07) is 13.3.